The van der Waals surface area contributed by atoms with E-state index < -0.39 is 0 Å². The van der Waals surface area contributed by atoms with Crippen molar-refractivity contribution in [3.63, 3.8) is 0 Å². The maximum absolute atomic E-state index is 11.9. The normalized spacial score (nSPS) is 11.8. The van der Waals surface area contributed by atoms with E-state index in [1.165, 1.54) is 0 Å². The number of rotatable bonds is 3. The molecule has 2 N–H and O–H groups in total. The van der Waals surface area contributed by atoms with Gasteiger partial charge in [-0.2, -0.15) is 0 Å². The third kappa shape index (κ3) is 4.53. The Morgan fingerprint density at radius 3 is 2.24 bits per heavy atom. The van der Waals surface area contributed by atoms with Crippen LogP contribution in [0.2, 0.25) is 15.1 Å². The fraction of sp³-hybridized carbons (Fsp3) is 0.133. The summed E-state index contributed by atoms with van der Waals surface area (Å²) in [5, 5.41) is 7.22. The number of halogens is 3. The van der Waals surface area contributed by atoms with E-state index in [4.69, 9.17) is 34.8 Å². The van der Waals surface area contributed by atoms with Gasteiger partial charge >= 0.3 is 6.03 Å². The molecule has 110 valence electrons. The Hall–Kier alpha value is -1.42. The average Bonchev–Trinajstić information content (AvgIpc) is 2.41. The summed E-state index contributed by atoms with van der Waals surface area (Å²) in [6.07, 6.45) is 0. The van der Waals surface area contributed by atoms with Crippen LogP contribution in [-0.4, -0.2) is 6.03 Å². The third-order valence-corrected chi connectivity index (χ3v) is 3.69. The first-order valence-corrected chi connectivity index (χ1v) is 7.37. The summed E-state index contributed by atoms with van der Waals surface area (Å²) in [4.78, 5) is 11.9. The van der Waals surface area contributed by atoms with Crippen LogP contribution in [-0.2, 0) is 0 Å². The van der Waals surface area contributed by atoms with Gasteiger partial charge in [0.15, 0.2) is 0 Å². The van der Waals surface area contributed by atoms with E-state index in [9.17, 15) is 4.79 Å². The van der Waals surface area contributed by atoms with Crippen molar-refractivity contribution in [3.05, 3.63) is 63.1 Å². The maximum Gasteiger partial charge on any atom is 0.319 e. The van der Waals surface area contributed by atoms with Crippen LogP contribution in [0.25, 0.3) is 0 Å². The van der Waals surface area contributed by atoms with Crippen molar-refractivity contribution in [2.45, 2.75) is 13.0 Å². The number of urea groups is 1. The molecule has 2 rings (SSSR count). The lowest BCUT2D eigenvalue weighted by molar-refractivity contribution is 0.249. The molecule has 0 fully saturated rings. The Labute approximate surface area is 138 Å². The lowest BCUT2D eigenvalue weighted by Crippen LogP contribution is -2.31. The quantitative estimate of drug-likeness (QED) is 0.756. The van der Waals surface area contributed by atoms with Crippen LogP contribution >= 0.6 is 34.8 Å². The SMILES string of the molecule is C[C@H](NC(=O)Nc1ccc(Cl)cc1)c1ccc(Cl)cc1Cl. The molecule has 3 nitrogen and oxygen atoms in total. The number of hydrogen-bond acceptors (Lipinski definition) is 1. The minimum atomic E-state index is -0.323. The molecule has 0 saturated heterocycles. The van der Waals surface area contributed by atoms with Crippen LogP contribution in [0, 0.1) is 0 Å². The molecule has 0 aliphatic rings. The Morgan fingerprint density at radius 2 is 1.62 bits per heavy atom. The summed E-state index contributed by atoms with van der Waals surface area (Å²) >= 11 is 17.8. The molecule has 1 atom stereocenters. The van der Waals surface area contributed by atoms with Crippen molar-refractivity contribution in [1.29, 1.82) is 0 Å². The standard InChI is InChI=1S/C15H13Cl3N2O/c1-9(13-7-4-11(17)8-14(13)18)19-15(21)20-12-5-2-10(16)3-6-12/h2-9H,1H3,(H2,19,20,21)/t9-/m0/s1. The minimum absolute atomic E-state index is 0.248. The highest BCUT2D eigenvalue weighted by Gasteiger charge is 2.13. The van der Waals surface area contributed by atoms with Gasteiger partial charge in [-0.05, 0) is 48.9 Å². The second-order valence-electron chi connectivity index (χ2n) is 4.49. The van der Waals surface area contributed by atoms with Gasteiger partial charge in [0.25, 0.3) is 0 Å². The molecule has 0 bridgehead atoms. The van der Waals surface area contributed by atoms with Crippen molar-refractivity contribution in [2.24, 2.45) is 0 Å². The van der Waals surface area contributed by atoms with Gasteiger partial charge in [-0.25, -0.2) is 4.79 Å². The van der Waals surface area contributed by atoms with E-state index in [2.05, 4.69) is 10.6 Å². The molecule has 0 unspecified atom stereocenters. The fourth-order valence-electron chi connectivity index (χ4n) is 1.83. The van der Waals surface area contributed by atoms with E-state index in [1.54, 1.807) is 42.5 Å². The molecule has 0 radical (unpaired) electrons. The Morgan fingerprint density at radius 1 is 1.00 bits per heavy atom. The predicted molar refractivity (Wildman–Crippen MR) is 88.5 cm³/mol. The molecule has 0 spiro atoms. The van der Waals surface area contributed by atoms with E-state index in [1.807, 2.05) is 6.92 Å². The van der Waals surface area contributed by atoms with Crippen LogP contribution in [0.15, 0.2) is 42.5 Å². The molecule has 2 aromatic rings. The Bertz CT molecular complexity index is 644. The van der Waals surface area contributed by atoms with Gasteiger partial charge in [-0.3, -0.25) is 0 Å². The summed E-state index contributed by atoms with van der Waals surface area (Å²) < 4.78 is 0. The molecular formula is C15H13Cl3N2O. The molecule has 0 saturated carbocycles. The number of carbonyl (C=O) groups excluding carboxylic acids is 1. The summed E-state index contributed by atoms with van der Waals surface area (Å²) in [5.74, 6) is 0. The second kappa shape index (κ2) is 7.03. The predicted octanol–water partition coefficient (Wildman–Crippen LogP) is 5.53. The minimum Gasteiger partial charge on any atom is -0.331 e. The Balaban J connectivity index is 2.00. The molecule has 6 heteroatoms. The van der Waals surface area contributed by atoms with Crippen molar-refractivity contribution in [2.75, 3.05) is 5.32 Å². The topological polar surface area (TPSA) is 41.1 Å². The largest absolute Gasteiger partial charge is 0.331 e. The number of anilines is 1. The molecule has 0 aromatic heterocycles. The second-order valence-corrected chi connectivity index (χ2v) is 5.77. The van der Waals surface area contributed by atoms with Crippen LogP contribution < -0.4 is 10.6 Å². The van der Waals surface area contributed by atoms with Crippen molar-refractivity contribution in [3.8, 4) is 0 Å². The van der Waals surface area contributed by atoms with E-state index >= 15 is 0 Å². The van der Waals surface area contributed by atoms with Crippen molar-refractivity contribution >= 4 is 46.5 Å². The van der Waals surface area contributed by atoms with E-state index in [0.29, 0.717) is 20.8 Å². The van der Waals surface area contributed by atoms with Crippen molar-refractivity contribution in [1.82, 2.24) is 5.32 Å². The molecule has 0 aliphatic carbocycles. The smallest absolute Gasteiger partial charge is 0.319 e. The molecule has 0 heterocycles. The number of amides is 2. The van der Waals surface area contributed by atoms with E-state index in [-0.39, 0.29) is 12.1 Å². The number of hydrogen-bond donors (Lipinski definition) is 2. The summed E-state index contributed by atoms with van der Waals surface area (Å²) in [6.45, 7) is 1.84. The van der Waals surface area contributed by atoms with Crippen molar-refractivity contribution < 1.29 is 4.79 Å². The maximum atomic E-state index is 11.9. The summed E-state index contributed by atoms with van der Waals surface area (Å²) in [7, 11) is 0. The molecule has 21 heavy (non-hydrogen) atoms. The van der Waals surface area contributed by atoms with Gasteiger partial charge < -0.3 is 10.6 Å². The summed E-state index contributed by atoms with van der Waals surface area (Å²) in [6, 6.07) is 11.5. The van der Waals surface area contributed by atoms with Gasteiger partial charge in [-0.15, -0.1) is 0 Å². The fourth-order valence-corrected chi connectivity index (χ4v) is 2.53. The molecule has 2 aromatic carbocycles. The Kier molecular flexibility index (Phi) is 5.34. The number of carbonyl (C=O) groups is 1. The molecule has 0 aliphatic heterocycles. The van der Waals surface area contributed by atoms with Crippen LogP contribution in [0.1, 0.15) is 18.5 Å². The van der Waals surface area contributed by atoms with Gasteiger partial charge in [0.2, 0.25) is 0 Å². The van der Waals surface area contributed by atoms with Crippen LogP contribution in [0.4, 0.5) is 10.5 Å². The highest BCUT2D eigenvalue weighted by molar-refractivity contribution is 6.35. The zero-order valence-electron chi connectivity index (χ0n) is 11.2. The first-order chi connectivity index (χ1) is 9.95. The summed E-state index contributed by atoms with van der Waals surface area (Å²) in [5.41, 5.74) is 1.46. The first-order valence-electron chi connectivity index (χ1n) is 6.24. The van der Waals surface area contributed by atoms with Gasteiger partial charge in [0, 0.05) is 20.8 Å². The van der Waals surface area contributed by atoms with Crippen LogP contribution in [0.5, 0.6) is 0 Å². The average molecular weight is 344 g/mol. The lowest BCUT2D eigenvalue weighted by atomic mass is 10.1. The van der Waals surface area contributed by atoms with Gasteiger partial charge in [0.05, 0.1) is 6.04 Å². The van der Waals surface area contributed by atoms with Gasteiger partial charge in [-0.1, -0.05) is 40.9 Å². The third-order valence-electron chi connectivity index (χ3n) is 2.88. The molecular weight excluding hydrogens is 331 g/mol. The van der Waals surface area contributed by atoms with E-state index in [0.717, 1.165) is 5.56 Å². The monoisotopic (exact) mass is 342 g/mol. The van der Waals surface area contributed by atoms with Gasteiger partial charge in [0.1, 0.15) is 0 Å². The number of benzene rings is 2. The lowest BCUT2D eigenvalue weighted by Gasteiger charge is -2.16. The number of nitrogens with one attached hydrogen (secondary N) is 2. The highest BCUT2D eigenvalue weighted by Crippen LogP contribution is 2.26. The molecule has 2 amide bonds. The first kappa shape index (κ1) is 16.0. The van der Waals surface area contributed by atoms with Crippen LogP contribution in [0.3, 0.4) is 0 Å². The zero-order valence-corrected chi connectivity index (χ0v) is 13.4. The zero-order chi connectivity index (χ0) is 15.4. The highest BCUT2D eigenvalue weighted by atomic mass is 35.5.